The first kappa shape index (κ1) is 18.8. The summed E-state index contributed by atoms with van der Waals surface area (Å²) in [5.74, 6) is 0.682. The van der Waals surface area contributed by atoms with E-state index in [0.29, 0.717) is 19.0 Å². The number of hydrogen-bond acceptors (Lipinski definition) is 4. The Kier molecular flexibility index (Phi) is 6.71. The maximum Gasteiger partial charge on any atom is 0.410 e. The molecule has 0 spiro atoms. The molecule has 0 atom stereocenters. The van der Waals surface area contributed by atoms with Crippen molar-refractivity contribution in [2.75, 3.05) is 52.4 Å². The van der Waals surface area contributed by atoms with Gasteiger partial charge in [-0.3, -0.25) is 9.89 Å². The molecule has 0 aliphatic carbocycles. The van der Waals surface area contributed by atoms with Crippen molar-refractivity contribution in [2.24, 2.45) is 10.7 Å². The number of hydrogen-bond donors (Lipinski definition) is 1. The van der Waals surface area contributed by atoms with Gasteiger partial charge in [-0.1, -0.05) is 0 Å². The van der Waals surface area contributed by atoms with E-state index >= 15 is 0 Å². The quantitative estimate of drug-likeness (QED) is 0.620. The molecule has 0 aromatic rings. The standard InChI is InChI=1S/C17H33N5O2/c1-17(2,3)24-16(23)22-13-11-20(12-14-22)10-7-19-15(18)21-8-5-4-6-9-21/h4-14H2,1-3H3,(H2,18,19). The van der Waals surface area contributed by atoms with Gasteiger partial charge in [0.15, 0.2) is 5.96 Å². The summed E-state index contributed by atoms with van der Waals surface area (Å²) in [7, 11) is 0. The minimum absolute atomic E-state index is 0.213. The van der Waals surface area contributed by atoms with Crippen molar-refractivity contribution in [3.8, 4) is 0 Å². The highest BCUT2D eigenvalue weighted by atomic mass is 16.6. The SMILES string of the molecule is CC(C)(C)OC(=O)N1CCN(CCN=C(N)N2CCCCC2)CC1. The predicted molar refractivity (Wildman–Crippen MR) is 96.2 cm³/mol. The second kappa shape index (κ2) is 8.55. The minimum Gasteiger partial charge on any atom is -0.444 e. The zero-order chi connectivity index (χ0) is 17.6. The van der Waals surface area contributed by atoms with Crippen LogP contribution < -0.4 is 5.73 Å². The summed E-state index contributed by atoms with van der Waals surface area (Å²) in [6.07, 6.45) is 3.51. The molecule has 0 bridgehead atoms. The van der Waals surface area contributed by atoms with Crippen molar-refractivity contribution in [1.29, 1.82) is 0 Å². The van der Waals surface area contributed by atoms with E-state index in [1.54, 1.807) is 4.90 Å². The lowest BCUT2D eigenvalue weighted by Crippen LogP contribution is -2.50. The zero-order valence-electron chi connectivity index (χ0n) is 15.5. The molecule has 2 fully saturated rings. The number of rotatable bonds is 3. The highest BCUT2D eigenvalue weighted by Gasteiger charge is 2.25. The topological polar surface area (TPSA) is 74.4 Å². The fraction of sp³-hybridized carbons (Fsp3) is 0.882. The summed E-state index contributed by atoms with van der Waals surface area (Å²) in [5, 5.41) is 0. The first-order valence-corrected chi connectivity index (χ1v) is 9.10. The Morgan fingerprint density at radius 2 is 1.62 bits per heavy atom. The molecule has 0 radical (unpaired) electrons. The van der Waals surface area contributed by atoms with Gasteiger partial charge in [0.2, 0.25) is 0 Å². The first-order chi connectivity index (χ1) is 11.3. The fourth-order valence-electron chi connectivity index (χ4n) is 3.01. The second-order valence-corrected chi connectivity index (χ2v) is 7.60. The summed E-state index contributed by atoms with van der Waals surface area (Å²) < 4.78 is 5.42. The zero-order valence-corrected chi connectivity index (χ0v) is 15.5. The number of likely N-dealkylation sites (tertiary alicyclic amines) is 1. The predicted octanol–water partition coefficient (Wildman–Crippen LogP) is 1.34. The van der Waals surface area contributed by atoms with Crippen molar-refractivity contribution < 1.29 is 9.53 Å². The maximum absolute atomic E-state index is 12.0. The van der Waals surface area contributed by atoms with E-state index in [1.165, 1.54) is 19.3 Å². The van der Waals surface area contributed by atoms with Crippen LogP contribution in [-0.4, -0.2) is 84.7 Å². The third kappa shape index (κ3) is 6.19. The normalized spacial score (nSPS) is 21.0. The van der Waals surface area contributed by atoms with Crippen LogP contribution in [0.1, 0.15) is 40.0 Å². The molecule has 1 amide bonds. The van der Waals surface area contributed by atoms with Crippen molar-refractivity contribution >= 4 is 12.1 Å². The average Bonchev–Trinajstić information content (AvgIpc) is 2.54. The van der Waals surface area contributed by atoms with Crippen molar-refractivity contribution in [3.05, 3.63) is 0 Å². The number of nitrogens with zero attached hydrogens (tertiary/aromatic N) is 4. The molecule has 2 saturated heterocycles. The molecule has 2 rings (SSSR count). The Balaban J connectivity index is 1.66. The van der Waals surface area contributed by atoms with Crippen LogP contribution in [0, 0.1) is 0 Å². The van der Waals surface area contributed by atoms with Gasteiger partial charge in [-0.05, 0) is 40.0 Å². The van der Waals surface area contributed by atoms with Crippen LogP contribution >= 0.6 is 0 Å². The van der Waals surface area contributed by atoms with Crippen molar-refractivity contribution in [2.45, 2.75) is 45.6 Å². The van der Waals surface area contributed by atoms with Gasteiger partial charge in [0, 0.05) is 45.8 Å². The molecule has 138 valence electrons. The summed E-state index contributed by atoms with van der Waals surface area (Å²) >= 11 is 0. The van der Waals surface area contributed by atoms with E-state index in [9.17, 15) is 4.79 Å². The number of carbonyl (C=O) groups excluding carboxylic acids is 1. The van der Waals surface area contributed by atoms with Crippen LogP contribution in [0.25, 0.3) is 0 Å². The van der Waals surface area contributed by atoms with Crippen LogP contribution in [0.5, 0.6) is 0 Å². The molecule has 0 aromatic carbocycles. The van der Waals surface area contributed by atoms with Crippen LogP contribution in [0.4, 0.5) is 4.79 Å². The molecule has 2 heterocycles. The Morgan fingerprint density at radius 1 is 1.00 bits per heavy atom. The van der Waals surface area contributed by atoms with Gasteiger partial charge in [0.25, 0.3) is 0 Å². The van der Waals surface area contributed by atoms with Gasteiger partial charge in [-0.25, -0.2) is 4.79 Å². The highest BCUT2D eigenvalue weighted by molar-refractivity contribution is 5.78. The number of amides is 1. The lowest BCUT2D eigenvalue weighted by atomic mass is 10.1. The monoisotopic (exact) mass is 339 g/mol. The van der Waals surface area contributed by atoms with Gasteiger partial charge in [-0.15, -0.1) is 0 Å². The summed E-state index contributed by atoms with van der Waals surface area (Å²) in [5.41, 5.74) is 5.64. The van der Waals surface area contributed by atoms with Gasteiger partial charge >= 0.3 is 6.09 Å². The molecule has 0 aromatic heterocycles. The van der Waals surface area contributed by atoms with Crippen LogP contribution in [0.15, 0.2) is 4.99 Å². The van der Waals surface area contributed by atoms with E-state index in [-0.39, 0.29) is 6.09 Å². The second-order valence-electron chi connectivity index (χ2n) is 7.60. The Bertz CT molecular complexity index is 433. The van der Waals surface area contributed by atoms with Gasteiger partial charge in [0.1, 0.15) is 5.60 Å². The molecule has 24 heavy (non-hydrogen) atoms. The molecular formula is C17H33N5O2. The first-order valence-electron chi connectivity index (χ1n) is 9.10. The Labute approximate surface area is 145 Å². The number of nitrogens with two attached hydrogens (primary N) is 1. The summed E-state index contributed by atoms with van der Waals surface area (Å²) in [4.78, 5) is 22.9. The Morgan fingerprint density at radius 3 is 2.21 bits per heavy atom. The van der Waals surface area contributed by atoms with Gasteiger partial charge < -0.3 is 20.3 Å². The van der Waals surface area contributed by atoms with E-state index in [0.717, 1.165) is 39.3 Å². The lowest BCUT2D eigenvalue weighted by Gasteiger charge is -2.35. The summed E-state index contributed by atoms with van der Waals surface area (Å²) in [6, 6.07) is 0. The lowest BCUT2D eigenvalue weighted by molar-refractivity contribution is 0.0148. The smallest absolute Gasteiger partial charge is 0.410 e. The Hall–Kier alpha value is -1.50. The maximum atomic E-state index is 12.0. The van der Waals surface area contributed by atoms with Gasteiger partial charge in [0.05, 0.1) is 6.54 Å². The number of piperazine rings is 1. The molecule has 7 heteroatoms. The van der Waals surface area contributed by atoms with E-state index in [2.05, 4.69) is 14.8 Å². The molecular weight excluding hydrogens is 306 g/mol. The van der Waals surface area contributed by atoms with E-state index in [1.807, 2.05) is 20.8 Å². The van der Waals surface area contributed by atoms with Gasteiger partial charge in [-0.2, -0.15) is 0 Å². The molecule has 0 saturated carbocycles. The molecule has 0 unspecified atom stereocenters. The average molecular weight is 339 g/mol. The number of piperidine rings is 1. The van der Waals surface area contributed by atoms with Crippen LogP contribution in [0.3, 0.4) is 0 Å². The number of guanidine groups is 1. The van der Waals surface area contributed by atoms with Crippen molar-refractivity contribution in [3.63, 3.8) is 0 Å². The summed E-state index contributed by atoms with van der Waals surface area (Å²) in [6.45, 7) is 12.5. The number of carbonyl (C=O) groups is 1. The highest BCUT2D eigenvalue weighted by Crippen LogP contribution is 2.12. The molecule has 7 nitrogen and oxygen atoms in total. The molecule has 2 aliphatic heterocycles. The molecule has 2 aliphatic rings. The third-order valence-corrected chi connectivity index (χ3v) is 4.39. The fourth-order valence-corrected chi connectivity index (χ4v) is 3.01. The van der Waals surface area contributed by atoms with E-state index < -0.39 is 5.60 Å². The van der Waals surface area contributed by atoms with Crippen molar-refractivity contribution in [1.82, 2.24) is 14.7 Å². The van der Waals surface area contributed by atoms with E-state index in [4.69, 9.17) is 10.5 Å². The largest absolute Gasteiger partial charge is 0.444 e. The van der Waals surface area contributed by atoms with Crippen LogP contribution in [0.2, 0.25) is 0 Å². The third-order valence-electron chi connectivity index (χ3n) is 4.39. The van der Waals surface area contributed by atoms with Crippen LogP contribution in [-0.2, 0) is 4.74 Å². The number of ether oxygens (including phenoxy) is 1. The number of aliphatic imine (C=N–C) groups is 1. The molecule has 2 N–H and O–H groups in total. The minimum atomic E-state index is -0.436.